The van der Waals surface area contributed by atoms with E-state index in [0.717, 1.165) is 0 Å². The van der Waals surface area contributed by atoms with Gasteiger partial charge < -0.3 is 15.2 Å². The molecule has 4 nitrogen and oxygen atoms in total. The number of carbonyl (C=O) groups excluding carboxylic acids is 1. The molecule has 0 heterocycles. The molecule has 0 saturated heterocycles. The molecule has 1 unspecified atom stereocenters. The van der Waals surface area contributed by atoms with Crippen molar-refractivity contribution in [1.29, 1.82) is 0 Å². The molecule has 1 aromatic rings. The van der Waals surface area contributed by atoms with Gasteiger partial charge in [-0.15, -0.1) is 0 Å². The molecule has 0 radical (unpaired) electrons. The molecular formula is C14H20FNO3. The van der Waals surface area contributed by atoms with E-state index < -0.39 is 11.9 Å². The second-order valence-electron chi connectivity index (χ2n) is 4.15. The maximum atomic E-state index is 13.4. The highest BCUT2D eigenvalue weighted by molar-refractivity contribution is 5.69. The maximum absolute atomic E-state index is 13.4. The number of nitrogens with one attached hydrogen (secondary N) is 1. The number of rotatable bonds is 8. The molecule has 1 atom stereocenters. The molecule has 1 aromatic carbocycles. The molecule has 106 valence electrons. The van der Waals surface area contributed by atoms with E-state index in [1.54, 1.807) is 25.1 Å². The Balaban J connectivity index is 2.19. The second-order valence-corrected chi connectivity index (χ2v) is 4.15. The zero-order chi connectivity index (χ0) is 14.1. The minimum atomic E-state index is -0.885. The molecule has 1 rings (SSSR count). The van der Waals surface area contributed by atoms with Gasteiger partial charge in [-0.2, -0.15) is 0 Å². The Bertz CT molecular complexity index is 398. The number of hydrogen-bond donors (Lipinski definition) is 2. The predicted molar refractivity (Wildman–Crippen MR) is 70.1 cm³/mol. The first-order valence-corrected chi connectivity index (χ1v) is 6.44. The average molecular weight is 269 g/mol. The SMILES string of the molecule is CCOC(=O)CCCNCC(O)c1ccccc1F. The van der Waals surface area contributed by atoms with Crippen LogP contribution in [-0.2, 0) is 9.53 Å². The molecule has 0 saturated carbocycles. The van der Waals surface area contributed by atoms with Gasteiger partial charge in [0.1, 0.15) is 5.82 Å². The van der Waals surface area contributed by atoms with E-state index in [9.17, 15) is 14.3 Å². The van der Waals surface area contributed by atoms with Crippen LogP contribution in [0.15, 0.2) is 24.3 Å². The van der Waals surface area contributed by atoms with Gasteiger partial charge >= 0.3 is 5.97 Å². The summed E-state index contributed by atoms with van der Waals surface area (Å²) < 4.78 is 18.1. The van der Waals surface area contributed by atoms with Crippen molar-refractivity contribution >= 4 is 5.97 Å². The number of esters is 1. The highest BCUT2D eigenvalue weighted by atomic mass is 19.1. The van der Waals surface area contributed by atoms with Crippen molar-refractivity contribution in [2.45, 2.75) is 25.9 Å². The van der Waals surface area contributed by atoms with E-state index in [0.29, 0.717) is 26.0 Å². The van der Waals surface area contributed by atoms with E-state index in [1.807, 2.05) is 0 Å². The van der Waals surface area contributed by atoms with Crippen LogP contribution in [0, 0.1) is 5.82 Å². The van der Waals surface area contributed by atoms with E-state index in [1.165, 1.54) is 6.07 Å². The van der Waals surface area contributed by atoms with Gasteiger partial charge in [-0.3, -0.25) is 4.79 Å². The Hall–Kier alpha value is -1.46. The van der Waals surface area contributed by atoms with Gasteiger partial charge in [-0.1, -0.05) is 18.2 Å². The molecule has 0 aliphatic rings. The number of aliphatic hydroxyl groups excluding tert-OH is 1. The third-order valence-electron chi connectivity index (χ3n) is 2.64. The van der Waals surface area contributed by atoms with Crippen LogP contribution >= 0.6 is 0 Å². The van der Waals surface area contributed by atoms with Gasteiger partial charge in [-0.05, 0) is 26.0 Å². The Morgan fingerprint density at radius 1 is 1.47 bits per heavy atom. The lowest BCUT2D eigenvalue weighted by Crippen LogP contribution is -2.23. The molecule has 19 heavy (non-hydrogen) atoms. The van der Waals surface area contributed by atoms with Crippen molar-refractivity contribution in [3.8, 4) is 0 Å². The molecule has 0 amide bonds. The van der Waals surface area contributed by atoms with Crippen molar-refractivity contribution in [3.05, 3.63) is 35.6 Å². The summed E-state index contributed by atoms with van der Waals surface area (Å²) >= 11 is 0. The second kappa shape index (κ2) is 8.61. The van der Waals surface area contributed by atoms with Crippen molar-refractivity contribution in [2.75, 3.05) is 19.7 Å². The molecule has 0 spiro atoms. The third-order valence-corrected chi connectivity index (χ3v) is 2.64. The van der Waals surface area contributed by atoms with Crippen molar-refractivity contribution in [3.63, 3.8) is 0 Å². The van der Waals surface area contributed by atoms with Crippen molar-refractivity contribution in [2.24, 2.45) is 0 Å². The van der Waals surface area contributed by atoms with Crippen LogP contribution in [0.5, 0.6) is 0 Å². The molecule has 0 fully saturated rings. The Morgan fingerprint density at radius 3 is 2.89 bits per heavy atom. The summed E-state index contributed by atoms with van der Waals surface area (Å²) in [7, 11) is 0. The first kappa shape index (κ1) is 15.6. The van der Waals surface area contributed by atoms with Crippen LogP contribution in [0.2, 0.25) is 0 Å². The van der Waals surface area contributed by atoms with Gasteiger partial charge in [0.15, 0.2) is 0 Å². The first-order chi connectivity index (χ1) is 9.15. The molecule has 2 N–H and O–H groups in total. The molecule has 0 bridgehead atoms. The molecule has 0 aliphatic heterocycles. The Morgan fingerprint density at radius 2 is 2.21 bits per heavy atom. The summed E-state index contributed by atoms with van der Waals surface area (Å²) in [6, 6.07) is 6.14. The zero-order valence-corrected chi connectivity index (χ0v) is 11.1. The van der Waals surface area contributed by atoms with Crippen LogP contribution in [0.1, 0.15) is 31.4 Å². The number of benzene rings is 1. The van der Waals surface area contributed by atoms with Crippen LogP contribution in [0.25, 0.3) is 0 Å². The van der Waals surface area contributed by atoms with Crippen molar-refractivity contribution in [1.82, 2.24) is 5.32 Å². The minimum absolute atomic E-state index is 0.223. The minimum Gasteiger partial charge on any atom is -0.466 e. The van der Waals surface area contributed by atoms with Crippen LogP contribution in [0.4, 0.5) is 4.39 Å². The van der Waals surface area contributed by atoms with Gasteiger partial charge in [0.2, 0.25) is 0 Å². The zero-order valence-electron chi connectivity index (χ0n) is 11.1. The van der Waals surface area contributed by atoms with Crippen LogP contribution in [0.3, 0.4) is 0 Å². The predicted octanol–water partition coefficient (Wildman–Crippen LogP) is 1.79. The van der Waals surface area contributed by atoms with E-state index >= 15 is 0 Å². The number of carbonyl (C=O) groups is 1. The number of hydrogen-bond acceptors (Lipinski definition) is 4. The topological polar surface area (TPSA) is 58.6 Å². The summed E-state index contributed by atoms with van der Waals surface area (Å²) in [5, 5.41) is 12.8. The van der Waals surface area contributed by atoms with Crippen LogP contribution < -0.4 is 5.32 Å². The van der Waals surface area contributed by atoms with Crippen molar-refractivity contribution < 1.29 is 19.0 Å². The lowest BCUT2D eigenvalue weighted by molar-refractivity contribution is -0.143. The number of ether oxygens (including phenoxy) is 1. The van der Waals surface area contributed by atoms with E-state index in [2.05, 4.69) is 5.32 Å². The van der Waals surface area contributed by atoms with Crippen LogP contribution in [-0.4, -0.2) is 30.8 Å². The number of aliphatic hydroxyl groups is 1. The fraction of sp³-hybridized carbons (Fsp3) is 0.500. The van der Waals surface area contributed by atoms with E-state index in [-0.39, 0.29) is 18.1 Å². The molecule has 0 aromatic heterocycles. The Labute approximate surface area is 112 Å². The smallest absolute Gasteiger partial charge is 0.305 e. The lowest BCUT2D eigenvalue weighted by atomic mass is 10.1. The quantitative estimate of drug-likeness (QED) is 0.558. The highest BCUT2D eigenvalue weighted by Gasteiger charge is 2.11. The monoisotopic (exact) mass is 269 g/mol. The third kappa shape index (κ3) is 5.81. The standard InChI is InChI=1S/C14H20FNO3/c1-2-19-14(18)8-5-9-16-10-13(17)11-6-3-4-7-12(11)15/h3-4,6-7,13,16-17H,2,5,8-10H2,1H3. The van der Waals surface area contributed by atoms with Gasteiger partial charge in [0.25, 0.3) is 0 Å². The van der Waals surface area contributed by atoms with Gasteiger partial charge in [0, 0.05) is 18.5 Å². The lowest BCUT2D eigenvalue weighted by Gasteiger charge is -2.12. The number of halogens is 1. The first-order valence-electron chi connectivity index (χ1n) is 6.44. The normalized spacial score (nSPS) is 12.2. The summed E-state index contributed by atoms with van der Waals surface area (Å²) in [5.41, 5.74) is 0.278. The fourth-order valence-corrected chi connectivity index (χ4v) is 1.68. The summed E-state index contributed by atoms with van der Waals surface area (Å²) in [5.74, 6) is -0.637. The summed E-state index contributed by atoms with van der Waals surface area (Å²) in [4.78, 5) is 11.1. The highest BCUT2D eigenvalue weighted by Crippen LogP contribution is 2.15. The van der Waals surface area contributed by atoms with Gasteiger partial charge in [-0.25, -0.2) is 4.39 Å². The molecule has 0 aliphatic carbocycles. The van der Waals surface area contributed by atoms with Gasteiger partial charge in [0.05, 0.1) is 12.7 Å². The largest absolute Gasteiger partial charge is 0.466 e. The summed E-state index contributed by atoms with van der Waals surface area (Å²) in [6.07, 6.45) is 0.0863. The molecular weight excluding hydrogens is 249 g/mol. The molecule has 5 heteroatoms. The fourth-order valence-electron chi connectivity index (χ4n) is 1.68. The Kier molecular flexibility index (Phi) is 7.07. The van der Waals surface area contributed by atoms with E-state index in [4.69, 9.17) is 4.74 Å². The average Bonchev–Trinajstić information content (AvgIpc) is 2.39. The maximum Gasteiger partial charge on any atom is 0.305 e. The summed E-state index contributed by atoms with van der Waals surface area (Å²) in [6.45, 7) is 2.98.